The summed E-state index contributed by atoms with van der Waals surface area (Å²) in [6.07, 6.45) is 0.433. The summed E-state index contributed by atoms with van der Waals surface area (Å²) in [7, 11) is 1.59. The van der Waals surface area contributed by atoms with Crippen molar-refractivity contribution in [2.45, 2.75) is 50.9 Å². The van der Waals surface area contributed by atoms with Crippen LogP contribution in [0.3, 0.4) is 0 Å². The second-order valence-electron chi connectivity index (χ2n) is 5.22. The van der Waals surface area contributed by atoms with Crippen molar-refractivity contribution >= 4 is 12.1 Å². The fraction of sp³-hybridized carbons (Fsp3) is 0.818. The minimum absolute atomic E-state index is 0.167. The van der Waals surface area contributed by atoms with Gasteiger partial charge in [-0.1, -0.05) is 0 Å². The maximum atomic E-state index is 12.0. The molecule has 90 valence electrons. The van der Waals surface area contributed by atoms with Crippen LogP contribution in [-0.4, -0.2) is 41.3 Å². The SMILES string of the molecule is CC(C)OC(=O)C12CC(C)(C1)OC(=O)N2C. The predicted octanol–water partition coefficient (Wildman–Crippen LogP) is 1.31. The number of fused-ring (bicyclic) bond motifs is 2. The Kier molecular flexibility index (Phi) is 2.19. The van der Waals surface area contributed by atoms with Crippen LogP contribution in [0.15, 0.2) is 0 Å². The maximum absolute atomic E-state index is 12.0. The normalized spacial score (nSPS) is 36.8. The largest absolute Gasteiger partial charge is 0.461 e. The van der Waals surface area contributed by atoms with E-state index in [0.29, 0.717) is 12.8 Å². The first-order valence-corrected chi connectivity index (χ1v) is 5.47. The lowest BCUT2D eigenvalue weighted by atomic mass is 9.63. The number of ether oxygens (including phenoxy) is 2. The molecule has 0 unspecified atom stereocenters. The van der Waals surface area contributed by atoms with Gasteiger partial charge in [-0.05, 0) is 20.8 Å². The molecule has 0 aromatic carbocycles. The van der Waals surface area contributed by atoms with Gasteiger partial charge in [0.1, 0.15) is 5.60 Å². The van der Waals surface area contributed by atoms with E-state index < -0.39 is 17.2 Å². The van der Waals surface area contributed by atoms with Gasteiger partial charge in [0.2, 0.25) is 0 Å². The molecule has 2 saturated heterocycles. The number of rotatable bonds is 2. The van der Waals surface area contributed by atoms with Gasteiger partial charge in [-0.25, -0.2) is 9.59 Å². The molecule has 1 amide bonds. The summed E-state index contributed by atoms with van der Waals surface area (Å²) >= 11 is 0. The van der Waals surface area contributed by atoms with Crippen LogP contribution in [0.25, 0.3) is 0 Å². The molecule has 2 aliphatic heterocycles. The van der Waals surface area contributed by atoms with Crippen molar-refractivity contribution in [3.8, 4) is 0 Å². The molecule has 0 spiro atoms. The van der Waals surface area contributed by atoms with Crippen LogP contribution >= 0.6 is 0 Å². The molecule has 0 atom stereocenters. The van der Waals surface area contributed by atoms with Crippen LogP contribution in [0.5, 0.6) is 0 Å². The summed E-state index contributed by atoms with van der Waals surface area (Å²) in [5.74, 6) is -0.320. The molecule has 0 aromatic rings. The van der Waals surface area contributed by atoms with E-state index in [0.717, 1.165) is 0 Å². The van der Waals surface area contributed by atoms with Crippen molar-refractivity contribution < 1.29 is 19.1 Å². The quantitative estimate of drug-likeness (QED) is 0.667. The molecule has 2 bridgehead atoms. The average molecular weight is 227 g/mol. The van der Waals surface area contributed by atoms with Crippen molar-refractivity contribution in [3.05, 3.63) is 0 Å². The Morgan fingerprint density at radius 2 is 2.06 bits per heavy atom. The predicted molar refractivity (Wildman–Crippen MR) is 55.8 cm³/mol. The van der Waals surface area contributed by atoms with Crippen molar-refractivity contribution in [2.24, 2.45) is 0 Å². The highest BCUT2D eigenvalue weighted by Crippen LogP contribution is 2.52. The number of carbonyl (C=O) groups is 2. The van der Waals surface area contributed by atoms with E-state index in [9.17, 15) is 9.59 Å². The molecule has 16 heavy (non-hydrogen) atoms. The van der Waals surface area contributed by atoms with Gasteiger partial charge in [0, 0.05) is 19.9 Å². The highest BCUT2D eigenvalue weighted by molar-refractivity contribution is 5.89. The van der Waals surface area contributed by atoms with Crippen LogP contribution in [0.2, 0.25) is 0 Å². The first-order chi connectivity index (χ1) is 7.29. The summed E-state index contributed by atoms with van der Waals surface area (Å²) in [6.45, 7) is 5.44. The molecule has 1 aliphatic carbocycles. The van der Waals surface area contributed by atoms with Crippen LogP contribution in [-0.2, 0) is 14.3 Å². The molecule has 2 heterocycles. The molecule has 0 N–H and O–H groups in total. The first-order valence-electron chi connectivity index (χ1n) is 5.47. The van der Waals surface area contributed by atoms with E-state index in [1.54, 1.807) is 20.9 Å². The number of nitrogens with zero attached hydrogens (tertiary/aromatic N) is 1. The monoisotopic (exact) mass is 227 g/mol. The van der Waals surface area contributed by atoms with Gasteiger partial charge in [0.05, 0.1) is 6.10 Å². The molecule has 0 aromatic heterocycles. The number of amides is 1. The second-order valence-corrected chi connectivity index (χ2v) is 5.22. The van der Waals surface area contributed by atoms with Crippen LogP contribution in [0.1, 0.15) is 33.6 Å². The Balaban J connectivity index is 2.19. The summed E-state index contributed by atoms with van der Waals surface area (Å²) in [5.41, 5.74) is -1.28. The molecular formula is C11H17NO4. The average Bonchev–Trinajstić information content (AvgIpc) is 2.08. The third kappa shape index (κ3) is 1.37. The second kappa shape index (κ2) is 3.12. The van der Waals surface area contributed by atoms with Crippen molar-refractivity contribution in [1.29, 1.82) is 0 Å². The number of likely N-dealkylation sites (N-methyl/N-ethyl adjacent to an activating group) is 1. The van der Waals surface area contributed by atoms with E-state index in [2.05, 4.69) is 0 Å². The molecule has 5 nitrogen and oxygen atoms in total. The smallest absolute Gasteiger partial charge is 0.411 e. The van der Waals surface area contributed by atoms with Crippen LogP contribution in [0.4, 0.5) is 4.79 Å². The van der Waals surface area contributed by atoms with E-state index in [1.807, 2.05) is 6.92 Å². The molecule has 1 saturated carbocycles. The Morgan fingerprint density at radius 1 is 1.50 bits per heavy atom. The Hall–Kier alpha value is -1.26. The van der Waals surface area contributed by atoms with E-state index in [1.165, 1.54) is 4.90 Å². The third-order valence-electron chi connectivity index (χ3n) is 3.31. The minimum Gasteiger partial charge on any atom is -0.461 e. The maximum Gasteiger partial charge on any atom is 0.411 e. The Labute approximate surface area is 94.7 Å². The zero-order valence-corrected chi connectivity index (χ0v) is 10.1. The number of carbonyl (C=O) groups excluding carboxylic acids is 2. The molecular weight excluding hydrogens is 210 g/mol. The number of hydrogen-bond acceptors (Lipinski definition) is 4. The van der Waals surface area contributed by atoms with Crippen LogP contribution < -0.4 is 0 Å². The molecule has 3 aliphatic rings. The van der Waals surface area contributed by atoms with Gasteiger partial charge < -0.3 is 9.47 Å². The zero-order chi connectivity index (χ0) is 12.1. The lowest BCUT2D eigenvalue weighted by Gasteiger charge is -2.59. The van der Waals surface area contributed by atoms with Crippen molar-refractivity contribution in [2.75, 3.05) is 7.05 Å². The van der Waals surface area contributed by atoms with E-state index >= 15 is 0 Å². The molecule has 0 radical (unpaired) electrons. The highest BCUT2D eigenvalue weighted by atomic mass is 16.6. The summed E-state index contributed by atoms with van der Waals surface area (Å²) < 4.78 is 10.4. The zero-order valence-electron chi connectivity index (χ0n) is 10.1. The van der Waals surface area contributed by atoms with Gasteiger partial charge in [0.15, 0.2) is 5.54 Å². The summed E-state index contributed by atoms with van der Waals surface area (Å²) in [4.78, 5) is 24.9. The molecule has 3 rings (SSSR count). The molecule has 5 heteroatoms. The minimum atomic E-state index is -0.797. The van der Waals surface area contributed by atoms with Gasteiger partial charge in [0.25, 0.3) is 0 Å². The fourth-order valence-electron chi connectivity index (χ4n) is 2.55. The van der Waals surface area contributed by atoms with Gasteiger partial charge in [-0.2, -0.15) is 0 Å². The van der Waals surface area contributed by atoms with Gasteiger partial charge in [-0.15, -0.1) is 0 Å². The Morgan fingerprint density at radius 3 is 2.56 bits per heavy atom. The first kappa shape index (κ1) is 11.2. The topological polar surface area (TPSA) is 55.8 Å². The standard InChI is InChI=1S/C11H17NO4/c1-7(2)15-8(13)11-5-10(3,6-11)16-9(14)12(11)4/h7H,5-6H2,1-4H3. The van der Waals surface area contributed by atoms with E-state index in [-0.39, 0.29) is 12.1 Å². The van der Waals surface area contributed by atoms with Gasteiger partial charge in [-0.3, -0.25) is 4.90 Å². The van der Waals surface area contributed by atoms with Crippen molar-refractivity contribution in [3.63, 3.8) is 0 Å². The summed E-state index contributed by atoms with van der Waals surface area (Å²) in [5, 5.41) is 0. The third-order valence-corrected chi connectivity index (χ3v) is 3.31. The fourth-order valence-corrected chi connectivity index (χ4v) is 2.55. The lowest BCUT2D eigenvalue weighted by Crippen LogP contribution is -2.75. The number of hydrogen-bond donors (Lipinski definition) is 0. The molecule has 3 fully saturated rings. The van der Waals surface area contributed by atoms with Crippen LogP contribution in [0, 0.1) is 0 Å². The number of esters is 1. The van der Waals surface area contributed by atoms with E-state index in [4.69, 9.17) is 9.47 Å². The van der Waals surface area contributed by atoms with Crippen molar-refractivity contribution in [1.82, 2.24) is 4.90 Å². The lowest BCUT2D eigenvalue weighted by molar-refractivity contribution is -0.210. The summed E-state index contributed by atoms with van der Waals surface area (Å²) in [6, 6.07) is 0. The van der Waals surface area contributed by atoms with Gasteiger partial charge >= 0.3 is 12.1 Å². The highest BCUT2D eigenvalue weighted by Gasteiger charge is 2.67. The Bertz CT molecular complexity index is 344.